The van der Waals surface area contributed by atoms with Gasteiger partial charge >= 0.3 is 0 Å². The van der Waals surface area contributed by atoms with Gasteiger partial charge in [-0.1, -0.05) is 33.3 Å². The Bertz CT molecular complexity index is 225. The van der Waals surface area contributed by atoms with Gasteiger partial charge in [0.2, 0.25) is 0 Å². The summed E-state index contributed by atoms with van der Waals surface area (Å²) in [5.41, 5.74) is 12.0. The van der Waals surface area contributed by atoms with Crippen molar-refractivity contribution in [1.29, 1.82) is 0 Å². The van der Waals surface area contributed by atoms with E-state index in [0.717, 1.165) is 19.4 Å². The summed E-state index contributed by atoms with van der Waals surface area (Å²) in [4.78, 5) is 4.29. The van der Waals surface area contributed by atoms with Crippen LogP contribution in [0.1, 0.15) is 26.7 Å². The summed E-state index contributed by atoms with van der Waals surface area (Å²) >= 11 is 0. The molecule has 80 valence electrons. The first-order chi connectivity index (χ1) is 6.65. The third-order valence-electron chi connectivity index (χ3n) is 2.30. The predicted octanol–water partition coefficient (Wildman–Crippen LogP) is 1.81. The van der Waals surface area contributed by atoms with Gasteiger partial charge in [-0.2, -0.15) is 0 Å². The number of allylic oxidation sites excluding steroid dienone is 1. The molecule has 0 spiro atoms. The van der Waals surface area contributed by atoms with Crippen molar-refractivity contribution in [2.24, 2.45) is 22.4 Å². The SMILES string of the molecule is C=C(N)C(C=NCC(CC)CC)=CN. The Morgan fingerprint density at radius 1 is 1.43 bits per heavy atom. The largest absolute Gasteiger partial charge is 0.404 e. The van der Waals surface area contributed by atoms with E-state index in [2.05, 4.69) is 25.4 Å². The monoisotopic (exact) mass is 195 g/mol. The lowest BCUT2D eigenvalue weighted by molar-refractivity contribution is 0.507. The highest BCUT2D eigenvalue weighted by atomic mass is 14.7. The van der Waals surface area contributed by atoms with E-state index in [1.807, 2.05) is 0 Å². The van der Waals surface area contributed by atoms with Gasteiger partial charge in [-0.05, 0) is 5.92 Å². The summed E-state index contributed by atoms with van der Waals surface area (Å²) < 4.78 is 0. The fraction of sp³-hybridized carbons (Fsp3) is 0.545. The van der Waals surface area contributed by atoms with Gasteiger partial charge in [-0.25, -0.2) is 0 Å². The van der Waals surface area contributed by atoms with E-state index in [0.29, 0.717) is 17.2 Å². The van der Waals surface area contributed by atoms with Crippen molar-refractivity contribution in [2.75, 3.05) is 6.54 Å². The van der Waals surface area contributed by atoms with Crippen LogP contribution in [0.5, 0.6) is 0 Å². The first-order valence-electron chi connectivity index (χ1n) is 5.02. The molecule has 3 heteroatoms. The molecule has 0 aromatic carbocycles. The van der Waals surface area contributed by atoms with Crippen molar-refractivity contribution in [3.8, 4) is 0 Å². The molecule has 0 aromatic heterocycles. The van der Waals surface area contributed by atoms with Crippen LogP contribution < -0.4 is 11.5 Å². The van der Waals surface area contributed by atoms with Gasteiger partial charge in [0.25, 0.3) is 0 Å². The van der Waals surface area contributed by atoms with Gasteiger partial charge in [0.1, 0.15) is 0 Å². The van der Waals surface area contributed by atoms with Crippen molar-refractivity contribution in [2.45, 2.75) is 26.7 Å². The number of rotatable bonds is 6. The molecule has 0 aliphatic rings. The molecule has 14 heavy (non-hydrogen) atoms. The summed E-state index contributed by atoms with van der Waals surface area (Å²) in [6, 6.07) is 0. The maximum absolute atomic E-state index is 5.50. The lowest BCUT2D eigenvalue weighted by Gasteiger charge is -2.07. The van der Waals surface area contributed by atoms with Crippen LogP contribution in [0.25, 0.3) is 0 Å². The fourth-order valence-corrected chi connectivity index (χ4v) is 1.08. The molecule has 0 unspecified atom stereocenters. The highest BCUT2D eigenvalue weighted by molar-refractivity contribution is 5.83. The van der Waals surface area contributed by atoms with Crippen molar-refractivity contribution < 1.29 is 0 Å². The zero-order valence-corrected chi connectivity index (χ0v) is 9.16. The predicted molar refractivity (Wildman–Crippen MR) is 63.0 cm³/mol. The van der Waals surface area contributed by atoms with Crippen LogP contribution in [0.2, 0.25) is 0 Å². The third kappa shape index (κ3) is 4.70. The molecule has 0 rings (SSSR count). The first-order valence-corrected chi connectivity index (χ1v) is 5.02. The molecule has 0 amide bonds. The molecule has 0 saturated heterocycles. The number of nitrogens with two attached hydrogens (primary N) is 2. The standard InChI is InChI=1S/C11H21N3/c1-4-10(5-2)7-14-8-11(6-12)9(3)13/h6,8,10H,3-5,7,12-13H2,1-2H3. The Balaban J connectivity index is 4.10. The molecule has 4 N–H and O–H groups in total. The first kappa shape index (κ1) is 12.8. The minimum Gasteiger partial charge on any atom is -0.404 e. The summed E-state index contributed by atoms with van der Waals surface area (Å²) in [7, 11) is 0. The molecule has 0 atom stereocenters. The second kappa shape index (κ2) is 7.18. The molecule has 0 saturated carbocycles. The van der Waals surface area contributed by atoms with Crippen molar-refractivity contribution >= 4 is 6.21 Å². The molecule has 0 heterocycles. The van der Waals surface area contributed by atoms with E-state index in [-0.39, 0.29) is 0 Å². The quantitative estimate of drug-likeness (QED) is 0.501. The average Bonchev–Trinajstić information content (AvgIpc) is 2.18. The van der Waals surface area contributed by atoms with Gasteiger partial charge in [-0.3, -0.25) is 4.99 Å². The van der Waals surface area contributed by atoms with E-state index >= 15 is 0 Å². The molecule has 0 bridgehead atoms. The zero-order valence-electron chi connectivity index (χ0n) is 9.16. The minimum absolute atomic E-state index is 0.459. The van der Waals surface area contributed by atoms with E-state index in [1.165, 1.54) is 6.20 Å². The molecular formula is C11H21N3. The van der Waals surface area contributed by atoms with E-state index in [1.54, 1.807) is 6.21 Å². The van der Waals surface area contributed by atoms with E-state index in [9.17, 15) is 0 Å². The van der Waals surface area contributed by atoms with Crippen molar-refractivity contribution in [1.82, 2.24) is 0 Å². The van der Waals surface area contributed by atoms with Crippen molar-refractivity contribution in [3.63, 3.8) is 0 Å². The Kier molecular flexibility index (Phi) is 6.54. The van der Waals surface area contributed by atoms with Crippen LogP contribution in [0.15, 0.2) is 29.0 Å². The highest BCUT2D eigenvalue weighted by Gasteiger charge is 2.00. The molecular weight excluding hydrogens is 174 g/mol. The summed E-state index contributed by atoms with van der Waals surface area (Å²) in [5, 5.41) is 0. The molecule has 0 fully saturated rings. The van der Waals surface area contributed by atoms with Crippen LogP contribution in [0, 0.1) is 5.92 Å². The number of aliphatic imine (C=N–C) groups is 1. The Morgan fingerprint density at radius 3 is 2.36 bits per heavy atom. The number of hydrogen-bond acceptors (Lipinski definition) is 3. The maximum Gasteiger partial charge on any atom is 0.0417 e. The van der Waals surface area contributed by atoms with Crippen LogP contribution in [-0.4, -0.2) is 12.8 Å². The lowest BCUT2D eigenvalue weighted by Crippen LogP contribution is -2.05. The lowest BCUT2D eigenvalue weighted by atomic mass is 10.0. The second-order valence-electron chi connectivity index (χ2n) is 3.32. The fourth-order valence-electron chi connectivity index (χ4n) is 1.08. The Hall–Kier alpha value is -1.25. The minimum atomic E-state index is 0.459. The average molecular weight is 195 g/mol. The van der Waals surface area contributed by atoms with Crippen LogP contribution in [-0.2, 0) is 0 Å². The van der Waals surface area contributed by atoms with Gasteiger partial charge in [0.15, 0.2) is 0 Å². The summed E-state index contributed by atoms with van der Waals surface area (Å²) in [6.07, 6.45) is 5.43. The smallest absolute Gasteiger partial charge is 0.0417 e. The van der Waals surface area contributed by atoms with Crippen LogP contribution >= 0.6 is 0 Å². The van der Waals surface area contributed by atoms with Crippen LogP contribution in [0.4, 0.5) is 0 Å². The third-order valence-corrected chi connectivity index (χ3v) is 2.30. The van der Waals surface area contributed by atoms with Gasteiger partial charge < -0.3 is 11.5 Å². The number of nitrogens with zero attached hydrogens (tertiary/aromatic N) is 1. The second-order valence-corrected chi connectivity index (χ2v) is 3.32. The topological polar surface area (TPSA) is 64.4 Å². The Labute approximate surface area is 86.6 Å². The van der Waals surface area contributed by atoms with Crippen LogP contribution in [0.3, 0.4) is 0 Å². The normalized spacial score (nSPS) is 12.6. The highest BCUT2D eigenvalue weighted by Crippen LogP contribution is 2.07. The molecule has 0 radical (unpaired) electrons. The van der Waals surface area contributed by atoms with Gasteiger partial charge in [0, 0.05) is 30.2 Å². The van der Waals surface area contributed by atoms with Gasteiger partial charge in [0.05, 0.1) is 0 Å². The zero-order chi connectivity index (χ0) is 11.0. The Morgan fingerprint density at radius 2 is 2.00 bits per heavy atom. The van der Waals surface area contributed by atoms with Crippen molar-refractivity contribution in [3.05, 3.63) is 24.0 Å². The molecule has 3 nitrogen and oxygen atoms in total. The van der Waals surface area contributed by atoms with E-state index in [4.69, 9.17) is 11.5 Å². The maximum atomic E-state index is 5.50. The van der Waals surface area contributed by atoms with E-state index < -0.39 is 0 Å². The molecule has 0 aliphatic carbocycles. The van der Waals surface area contributed by atoms with Gasteiger partial charge in [-0.15, -0.1) is 0 Å². The molecule has 0 aromatic rings. The molecule has 0 aliphatic heterocycles. The number of hydrogen-bond donors (Lipinski definition) is 2. The summed E-state index contributed by atoms with van der Waals surface area (Å²) in [6.45, 7) is 8.78. The summed E-state index contributed by atoms with van der Waals surface area (Å²) in [5.74, 6) is 0.649.